The number of halogens is 8. The van der Waals surface area contributed by atoms with Crippen molar-refractivity contribution in [1.82, 2.24) is 14.4 Å². The second kappa shape index (κ2) is 8.84. The summed E-state index contributed by atoms with van der Waals surface area (Å²) >= 11 is 26.6. The molecular weight excluding hydrogens is 529 g/mol. The van der Waals surface area contributed by atoms with E-state index in [4.69, 9.17) is 58.0 Å². The highest BCUT2D eigenvalue weighted by molar-refractivity contribution is 6.63. The van der Waals surface area contributed by atoms with Gasteiger partial charge in [0.25, 0.3) is 0 Å². The zero-order chi connectivity index (χ0) is 23.2. The predicted octanol–water partition coefficient (Wildman–Crippen LogP) is 8.95. The molecule has 0 aliphatic heterocycles. The van der Waals surface area contributed by atoms with Crippen molar-refractivity contribution in [2.75, 3.05) is 0 Å². The van der Waals surface area contributed by atoms with E-state index < -0.39 is 16.2 Å². The molecule has 0 unspecified atom stereocenters. The first-order valence-electron chi connectivity index (χ1n) is 8.94. The molecule has 0 aliphatic rings. The SMILES string of the molecule is ClC(Cl)Cl.FC(F)(F)c1c2cc[nH]c2c(-c2ccccc2)c2nc3cc(Cl)c(Cl)cc3n12. The minimum atomic E-state index is -4.60. The molecule has 0 fully saturated rings. The molecule has 0 radical (unpaired) electrons. The Bertz CT molecular complexity index is 1420. The van der Waals surface area contributed by atoms with Gasteiger partial charge in [-0.05, 0) is 23.8 Å². The maximum atomic E-state index is 14.1. The van der Waals surface area contributed by atoms with Crippen LogP contribution in [0.25, 0.3) is 38.7 Å². The lowest BCUT2D eigenvalue weighted by molar-refractivity contribution is -0.140. The van der Waals surface area contributed by atoms with Gasteiger partial charge in [0, 0.05) is 17.1 Å². The zero-order valence-corrected chi connectivity index (χ0v) is 19.5. The fourth-order valence-corrected chi connectivity index (χ4v) is 3.95. The number of hydrogen-bond acceptors (Lipinski definition) is 1. The van der Waals surface area contributed by atoms with Crippen molar-refractivity contribution < 1.29 is 13.2 Å². The number of benzene rings is 2. The number of imidazole rings is 1. The molecule has 0 amide bonds. The second-order valence-electron chi connectivity index (χ2n) is 6.63. The maximum absolute atomic E-state index is 14.1. The smallest absolute Gasteiger partial charge is 0.361 e. The average molecular weight is 540 g/mol. The molecule has 166 valence electrons. The quantitative estimate of drug-likeness (QED) is 0.212. The summed E-state index contributed by atoms with van der Waals surface area (Å²) in [5, 5.41) is 0.460. The Morgan fingerprint density at radius 1 is 0.938 bits per heavy atom. The third-order valence-electron chi connectivity index (χ3n) is 4.73. The zero-order valence-electron chi connectivity index (χ0n) is 15.7. The van der Waals surface area contributed by atoms with E-state index in [0.717, 1.165) is 9.96 Å². The summed E-state index contributed by atoms with van der Waals surface area (Å²) < 4.78 is 42.7. The van der Waals surface area contributed by atoms with E-state index in [1.54, 1.807) is 0 Å². The molecule has 3 nitrogen and oxygen atoms in total. The summed E-state index contributed by atoms with van der Waals surface area (Å²) in [7, 11) is 0. The van der Waals surface area contributed by atoms with Crippen molar-refractivity contribution in [3.05, 3.63) is 70.5 Å². The van der Waals surface area contributed by atoms with Crippen molar-refractivity contribution in [1.29, 1.82) is 0 Å². The van der Waals surface area contributed by atoms with Gasteiger partial charge in [0.2, 0.25) is 0 Å². The lowest BCUT2D eigenvalue weighted by Crippen LogP contribution is -2.13. The molecule has 0 spiro atoms. The molecule has 0 atom stereocenters. The van der Waals surface area contributed by atoms with Crippen LogP contribution in [0.15, 0.2) is 54.7 Å². The Morgan fingerprint density at radius 2 is 1.56 bits per heavy atom. The van der Waals surface area contributed by atoms with Crippen LogP contribution in [0, 0.1) is 0 Å². The molecule has 3 aromatic heterocycles. The van der Waals surface area contributed by atoms with E-state index in [1.807, 2.05) is 30.3 Å². The maximum Gasteiger partial charge on any atom is 0.432 e. The number of fused-ring (bicyclic) bond motifs is 4. The molecule has 0 bridgehead atoms. The number of alkyl halides is 6. The summed E-state index contributed by atoms with van der Waals surface area (Å²) in [6.07, 6.45) is -3.11. The van der Waals surface area contributed by atoms with Crippen LogP contribution in [0.2, 0.25) is 10.0 Å². The van der Waals surface area contributed by atoms with Crippen LogP contribution in [0.4, 0.5) is 13.2 Å². The van der Waals surface area contributed by atoms with E-state index in [1.165, 1.54) is 24.4 Å². The van der Waals surface area contributed by atoms with Gasteiger partial charge in [-0.3, -0.25) is 4.40 Å². The third kappa shape index (κ3) is 4.22. The number of hydrogen-bond donors (Lipinski definition) is 1. The van der Waals surface area contributed by atoms with Gasteiger partial charge >= 0.3 is 6.18 Å². The average Bonchev–Trinajstić information content (AvgIpc) is 3.30. The largest absolute Gasteiger partial charge is 0.432 e. The van der Waals surface area contributed by atoms with Crippen molar-refractivity contribution in [3.63, 3.8) is 0 Å². The van der Waals surface area contributed by atoms with E-state index in [0.29, 0.717) is 16.6 Å². The number of rotatable bonds is 1. The highest BCUT2D eigenvalue weighted by Crippen LogP contribution is 2.43. The normalized spacial score (nSPS) is 12.0. The van der Waals surface area contributed by atoms with Gasteiger partial charge in [-0.1, -0.05) is 88.3 Å². The van der Waals surface area contributed by atoms with Gasteiger partial charge in [0.15, 0.2) is 4.30 Å². The van der Waals surface area contributed by atoms with Crippen LogP contribution in [0.3, 0.4) is 0 Å². The molecule has 2 aromatic carbocycles. The Balaban J connectivity index is 0.000000567. The van der Waals surface area contributed by atoms with E-state index in [2.05, 4.69) is 9.97 Å². The molecule has 32 heavy (non-hydrogen) atoms. The van der Waals surface area contributed by atoms with Crippen molar-refractivity contribution in [2.45, 2.75) is 10.5 Å². The van der Waals surface area contributed by atoms with Crippen molar-refractivity contribution in [3.8, 4) is 11.1 Å². The number of H-pyrrole nitrogens is 1. The monoisotopic (exact) mass is 537 g/mol. The molecule has 0 aliphatic carbocycles. The third-order valence-corrected chi connectivity index (χ3v) is 5.45. The van der Waals surface area contributed by atoms with Crippen LogP contribution in [-0.2, 0) is 6.18 Å². The molecule has 0 saturated heterocycles. The van der Waals surface area contributed by atoms with Crippen LogP contribution < -0.4 is 0 Å². The van der Waals surface area contributed by atoms with E-state index in [9.17, 15) is 13.2 Å². The first kappa shape index (κ1) is 23.3. The molecular formula is C21H11Cl5F3N3. The first-order valence-corrected chi connectivity index (χ1v) is 11.0. The Kier molecular flexibility index (Phi) is 6.45. The summed E-state index contributed by atoms with van der Waals surface area (Å²) in [6, 6.07) is 13.5. The highest BCUT2D eigenvalue weighted by atomic mass is 35.6. The fourth-order valence-electron chi connectivity index (χ4n) is 3.63. The van der Waals surface area contributed by atoms with Gasteiger partial charge in [-0.2, -0.15) is 13.2 Å². The van der Waals surface area contributed by atoms with Crippen LogP contribution in [0.5, 0.6) is 0 Å². The van der Waals surface area contributed by atoms with Gasteiger partial charge in [-0.15, -0.1) is 0 Å². The van der Waals surface area contributed by atoms with Crippen LogP contribution in [-0.4, -0.2) is 18.7 Å². The molecule has 11 heteroatoms. The number of pyridine rings is 1. The molecule has 0 saturated carbocycles. The number of aromatic nitrogens is 3. The molecule has 1 N–H and O–H groups in total. The summed E-state index contributed by atoms with van der Waals surface area (Å²) in [6.45, 7) is 0. The van der Waals surface area contributed by atoms with Gasteiger partial charge in [0.1, 0.15) is 11.3 Å². The van der Waals surface area contributed by atoms with Crippen LogP contribution in [0.1, 0.15) is 5.69 Å². The van der Waals surface area contributed by atoms with Crippen molar-refractivity contribution in [2.24, 2.45) is 0 Å². The van der Waals surface area contributed by atoms with Gasteiger partial charge in [-0.25, -0.2) is 4.98 Å². The number of nitrogens with one attached hydrogen (secondary N) is 1. The summed E-state index contributed by atoms with van der Waals surface area (Å²) in [5.41, 5.74) is 1.67. The Labute approximate surface area is 204 Å². The molecule has 5 aromatic rings. The first-order chi connectivity index (χ1) is 15.1. The minimum Gasteiger partial charge on any atom is -0.361 e. The number of nitrogens with zero attached hydrogens (tertiary/aromatic N) is 2. The number of aromatic amines is 1. The van der Waals surface area contributed by atoms with Crippen LogP contribution >= 0.6 is 58.0 Å². The van der Waals surface area contributed by atoms with E-state index in [-0.39, 0.29) is 26.6 Å². The predicted molar refractivity (Wildman–Crippen MR) is 126 cm³/mol. The van der Waals surface area contributed by atoms with E-state index >= 15 is 0 Å². The van der Waals surface area contributed by atoms with Gasteiger partial charge in [0.05, 0.1) is 26.6 Å². The fraction of sp³-hybridized carbons (Fsp3) is 0.0952. The van der Waals surface area contributed by atoms with Crippen molar-refractivity contribution >= 4 is 85.6 Å². The lowest BCUT2D eigenvalue weighted by atomic mass is 10.0. The standard InChI is InChI=1S/C20H10Cl2F3N3.CHCl3/c21-12-8-14-15(9-13(12)22)28-18(20(23,24)25)11-6-7-26-17(11)16(19(28)27-14)10-4-2-1-3-5-10;2-1(3)4/h1-9,26H;1H. The summed E-state index contributed by atoms with van der Waals surface area (Å²) in [4.78, 5) is 7.45. The molecule has 3 heterocycles. The molecule has 5 rings (SSSR count). The highest BCUT2D eigenvalue weighted by Gasteiger charge is 2.38. The minimum absolute atomic E-state index is 0.0595. The Morgan fingerprint density at radius 3 is 2.19 bits per heavy atom. The topological polar surface area (TPSA) is 33.1 Å². The second-order valence-corrected chi connectivity index (χ2v) is 9.42. The van der Waals surface area contributed by atoms with Gasteiger partial charge < -0.3 is 4.98 Å². The Hall–Kier alpha value is -1.83. The summed E-state index contributed by atoms with van der Waals surface area (Å²) in [5.74, 6) is 0. The lowest BCUT2D eigenvalue weighted by Gasteiger charge is -2.15.